The summed E-state index contributed by atoms with van der Waals surface area (Å²) >= 11 is 2.86. The van der Waals surface area contributed by atoms with Gasteiger partial charge in [-0.15, -0.1) is 13.2 Å². The van der Waals surface area contributed by atoms with E-state index in [1.807, 2.05) is 36.4 Å². The molecule has 0 saturated carbocycles. The van der Waals surface area contributed by atoms with Crippen LogP contribution in [-0.2, 0) is 12.8 Å². The maximum atomic E-state index is 10.5. The highest BCUT2D eigenvalue weighted by Gasteiger charge is 2.18. The molecule has 0 radical (unpaired) electrons. The number of aromatic nitrogens is 2. The Labute approximate surface area is 170 Å². The monoisotopic (exact) mass is 406 g/mol. The zero-order chi connectivity index (χ0) is 19.7. The van der Waals surface area contributed by atoms with Crippen LogP contribution < -0.4 is 0 Å². The summed E-state index contributed by atoms with van der Waals surface area (Å²) in [6, 6.07) is 11.3. The molecule has 6 heteroatoms. The van der Waals surface area contributed by atoms with Crippen LogP contribution in [0.1, 0.15) is 11.1 Å². The quantitative estimate of drug-likeness (QED) is 0.388. The van der Waals surface area contributed by atoms with E-state index in [2.05, 4.69) is 23.1 Å². The molecule has 0 amide bonds. The van der Waals surface area contributed by atoms with Gasteiger partial charge in [0.2, 0.25) is 0 Å². The molecular formula is C22H18N2O2S2. The minimum atomic E-state index is 0.235. The maximum Gasteiger partial charge on any atom is 0.155 e. The molecule has 0 saturated heterocycles. The summed E-state index contributed by atoms with van der Waals surface area (Å²) in [6.07, 6.45) is 4.73. The van der Waals surface area contributed by atoms with E-state index < -0.39 is 0 Å². The standard InChI is InChI=1S/C22H18N2O2S2/c1-3-7-13-9-5-11-15(17(13)25)19-23-21-22(27-19)24-20(28-21)16-12-6-10-14(8-4-2)18(16)26/h3-6,9-12,25-26H,1-2,7-8H2. The van der Waals surface area contributed by atoms with E-state index in [-0.39, 0.29) is 11.5 Å². The number of thiazole rings is 2. The Morgan fingerprint density at radius 2 is 1.18 bits per heavy atom. The number of hydrogen-bond acceptors (Lipinski definition) is 6. The predicted octanol–water partition coefficient (Wildman–Crippen LogP) is 5.96. The number of nitrogens with zero attached hydrogens (tertiary/aromatic N) is 2. The Balaban J connectivity index is 1.74. The van der Waals surface area contributed by atoms with Gasteiger partial charge in [0, 0.05) is 0 Å². The Kier molecular flexibility index (Phi) is 4.98. The minimum Gasteiger partial charge on any atom is -0.507 e. The topological polar surface area (TPSA) is 66.2 Å². The lowest BCUT2D eigenvalue weighted by molar-refractivity contribution is 0.471. The Bertz CT molecular complexity index is 1070. The molecule has 0 unspecified atom stereocenters. The van der Waals surface area contributed by atoms with Crippen molar-refractivity contribution in [2.75, 3.05) is 0 Å². The fourth-order valence-electron chi connectivity index (χ4n) is 3.04. The number of hydrogen-bond donors (Lipinski definition) is 2. The van der Waals surface area contributed by atoms with Crippen molar-refractivity contribution in [1.82, 2.24) is 9.97 Å². The van der Waals surface area contributed by atoms with Gasteiger partial charge in [-0.2, -0.15) is 0 Å². The van der Waals surface area contributed by atoms with Crippen LogP contribution in [0.15, 0.2) is 61.7 Å². The van der Waals surface area contributed by atoms with Crippen LogP contribution in [0.2, 0.25) is 0 Å². The van der Waals surface area contributed by atoms with Crippen LogP contribution in [0.4, 0.5) is 0 Å². The lowest BCUT2D eigenvalue weighted by Gasteiger charge is -2.06. The molecule has 2 aromatic carbocycles. The SMILES string of the molecule is C=CCc1cccc(-c2nc3sc(-c4cccc(CC=C)c4O)nc3s2)c1O. The average molecular weight is 407 g/mol. The number of phenols is 2. The number of aromatic hydroxyl groups is 2. The smallest absolute Gasteiger partial charge is 0.155 e. The van der Waals surface area contributed by atoms with Crippen molar-refractivity contribution in [3.8, 4) is 32.6 Å². The van der Waals surface area contributed by atoms with Gasteiger partial charge in [0.15, 0.2) is 9.66 Å². The van der Waals surface area contributed by atoms with Crippen molar-refractivity contribution < 1.29 is 10.2 Å². The molecule has 4 rings (SSSR count). The molecule has 0 aliphatic heterocycles. The number of allylic oxidation sites excluding steroid dienone is 2. The normalized spacial score (nSPS) is 11.0. The van der Waals surface area contributed by atoms with Gasteiger partial charge in [-0.1, -0.05) is 59.1 Å². The molecule has 0 spiro atoms. The van der Waals surface area contributed by atoms with Crippen LogP contribution in [0.3, 0.4) is 0 Å². The van der Waals surface area contributed by atoms with Crippen molar-refractivity contribution in [2.45, 2.75) is 12.8 Å². The number of phenolic OH excluding ortho intramolecular Hbond substituents is 2. The van der Waals surface area contributed by atoms with Gasteiger partial charge >= 0.3 is 0 Å². The van der Waals surface area contributed by atoms with Crippen LogP contribution in [0.5, 0.6) is 11.5 Å². The third-order valence-electron chi connectivity index (χ3n) is 4.40. The third-order valence-corrected chi connectivity index (χ3v) is 6.50. The summed E-state index contributed by atoms with van der Waals surface area (Å²) in [5, 5.41) is 22.6. The molecular weight excluding hydrogens is 388 g/mol. The molecule has 0 fully saturated rings. The van der Waals surface area contributed by atoms with E-state index in [9.17, 15) is 10.2 Å². The van der Waals surface area contributed by atoms with Gasteiger partial charge in [0.05, 0.1) is 11.1 Å². The molecule has 140 valence electrons. The second-order valence-electron chi connectivity index (χ2n) is 6.26. The number of rotatable bonds is 6. The Morgan fingerprint density at radius 3 is 1.57 bits per heavy atom. The highest BCUT2D eigenvalue weighted by atomic mass is 32.1. The molecule has 4 aromatic rings. The van der Waals surface area contributed by atoms with E-state index in [1.165, 1.54) is 22.7 Å². The fraction of sp³-hybridized carbons (Fsp3) is 0.0909. The van der Waals surface area contributed by atoms with E-state index in [1.54, 1.807) is 12.2 Å². The summed E-state index contributed by atoms with van der Waals surface area (Å²) in [5.41, 5.74) is 3.05. The predicted molar refractivity (Wildman–Crippen MR) is 117 cm³/mol. The molecule has 2 heterocycles. The molecule has 0 bridgehead atoms. The van der Waals surface area contributed by atoms with Gasteiger partial charge in [-0.05, 0) is 36.1 Å². The number of fused-ring (bicyclic) bond motifs is 1. The third kappa shape index (κ3) is 3.21. The highest BCUT2D eigenvalue weighted by molar-refractivity contribution is 7.29. The summed E-state index contributed by atoms with van der Waals surface area (Å²) in [6.45, 7) is 7.46. The van der Waals surface area contributed by atoms with E-state index >= 15 is 0 Å². The second-order valence-corrected chi connectivity index (χ2v) is 8.22. The molecule has 4 nitrogen and oxygen atoms in total. The molecule has 2 aromatic heterocycles. The van der Waals surface area contributed by atoms with Gasteiger partial charge < -0.3 is 10.2 Å². The van der Waals surface area contributed by atoms with Gasteiger partial charge in [0.25, 0.3) is 0 Å². The van der Waals surface area contributed by atoms with Crippen molar-refractivity contribution in [3.63, 3.8) is 0 Å². The maximum absolute atomic E-state index is 10.5. The molecule has 0 aliphatic rings. The average Bonchev–Trinajstić information content (AvgIpc) is 3.24. The van der Waals surface area contributed by atoms with E-state index in [0.29, 0.717) is 24.0 Å². The van der Waals surface area contributed by atoms with E-state index in [0.717, 1.165) is 30.8 Å². The van der Waals surface area contributed by atoms with Gasteiger partial charge in [-0.25, -0.2) is 9.97 Å². The molecule has 0 atom stereocenters. The first-order valence-corrected chi connectivity index (χ1v) is 10.4. The summed E-state index contributed by atoms with van der Waals surface area (Å²) < 4.78 is 0. The lowest BCUT2D eigenvalue weighted by Crippen LogP contribution is -1.86. The highest BCUT2D eigenvalue weighted by Crippen LogP contribution is 2.42. The number of para-hydroxylation sites is 2. The minimum absolute atomic E-state index is 0.235. The summed E-state index contributed by atoms with van der Waals surface area (Å²) in [4.78, 5) is 10.9. The molecule has 0 aliphatic carbocycles. The first kappa shape index (κ1) is 18.4. The Hall–Kier alpha value is -2.96. The van der Waals surface area contributed by atoms with Crippen LogP contribution in [0.25, 0.3) is 30.8 Å². The zero-order valence-corrected chi connectivity index (χ0v) is 16.7. The van der Waals surface area contributed by atoms with Crippen LogP contribution in [-0.4, -0.2) is 20.2 Å². The lowest BCUT2D eigenvalue weighted by atomic mass is 10.1. The first-order chi connectivity index (χ1) is 13.6. The first-order valence-electron chi connectivity index (χ1n) is 8.74. The van der Waals surface area contributed by atoms with E-state index in [4.69, 9.17) is 0 Å². The molecule has 2 N–H and O–H groups in total. The molecule has 28 heavy (non-hydrogen) atoms. The summed E-state index contributed by atoms with van der Waals surface area (Å²) in [7, 11) is 0. The van der Waals surface area contributed by atoms with Gasteiger partial charge in [0.1, 0.15) is 21.5 Å². The van der Waals surface area contributed by atoms with Crippen LogP contribution in [0, 0.1) is 0 Å². The van der Waals surface area contributed by atoms with Crippen molar-refractivity contribution in [2.24, 2.45) is 0 Å². The van der Waals surface area contributed by atoms with Gasteiger partial charge in [-0.3, -0.25) is 0 Å². The zero-order valence-electron chi connectivity index (χ0n) is 15.1. The largest absolute Gasteiger partial charge is 0.507 e. The van der Waals surface area contributed by atoms with Crippen molar-refractivity contribution >= 4 is 32.3 Å². The fourth-order valence-corrected chi connectivity index (χ4v) is 5.14. The van der Waals surface area contributed by atoms with Crippen molar-refractivity contribution in [1.29, 1.82) is 0 Å². The Morgan fingerprint density at radius 1 is 0.750 bits per heavy atom. The number of benzene rings is 2. The summed E-state index contributed by atoms with van der Waals surface area (Å²) in [5.74, 6) is 0.470. The second kappa shape index (κ2) is 7.58. The van der Waals surface area contributed by atoms with Crippen molar-refractivity contribution in [3.05, 3.63) is 72.8 Å². The van der Waals surface area contributed by atoms with Crippen LogP contribution >= 0.6 is 22.7 Å².